The predicted octanol–water partition coefficient (Wildman–Crippen LogP) is 3.52. The molecule has 0 radical (unpaired) electrons. The minimum atomic E-state index is -3.95. The first-order valence-electron chi connectivity index (χ1n) is 10.4. The number of hydrogen-bond donors (Lipinski definition) is 1. The van der Waals surface area contributed by atoms with Crippen molar-refractivity contribution in [3.05, 3.63) is 54.1 Å². The molecule has 7 nitrogen and oxygen atoms in total. The summed E-state index contributed by atoms with van der Waals surface area (Å²) in [5.41, 5.74) is 1.43. The quantitative estimate of drug-likeness (QED) is 0.502. The predicted molar refractivity (Wildman–Crippen MR) is 122 cm³/mol. The summed E-state index contributed by atoms with van der Waals surface area (Å²) in [7, 11) is -3.95. The van der Waals surface area contributed by atoms with Crippen LogP contribution in [-0.4, -0.2) is 46.7 Å². The number of nitrogens with zero attached hydrogens (tertiary/aromatic N) is 1. The van der Waals surface area contributed by atoms with Crippen molar-refractivity contribution >= 4 is 21.6 Å². The normalized spacial score (nSPS) is 11.4. The fourth-order valence-electron chi connectivity index (χ4n) is 2.83. The van der Waals surface area contributed by atoms with Crippen LogP contribution in [0, 0.1) is 6.92 Å². The molecule has 0 aromatic heterocycles. The Balaban J connectivity index is 2.18. The molecule has 0 heterocycles. The van der Waals surface area contributed by atoms with E-state index in [1.807, 2.05) is 39.8 Å². The Hall–Kier alpha value is -2.58. The molecule has 31 heavy (non-hydrogen) atoms. The molecule has 2 rings (SSSR count). The van der Waals surface area contributed by atoms with Crippen LogP contribution in [0.25, 0.3) is 0 Å². The van der Waals surface area contributed by atoms with E-state index in [1.165, 1.54) is 12.1 Å². The molecule has 0 aliphatic carbocycles. The van der Waals surface area contributed by atoms with Gasteiger partial charge >= 0.3 is 0 Å². The molecule has 0 spiro atoms. The minimum absolute atomic E-state index is 0.0923. The number of aryl methyl sites for hydroxylation is 1. The Morgan fingerprint density at radius 3 is 2.29 bits per heavy atom. The van der Waals surface area contributed by atoms with Crippen molar-refractivity contribution in [1.29, 1.82) is 0 Å². The van der Waals surface area contributed by atoms with Crippen LogP contribution in [0.2, 0.25) is 0 Å². The number of carbonyl (C=O) groups is 1. The van der Waals surface area contributed by atoms with Crippen molar-refractivity contribution in [2.75, 3.05) is 30.6 Å². The monoisotopic (exact) mass is 448 g/mol. The van der Waals surface area contributed by atoms with Gasteiger partial charge in [0.15, 0.2) is 0 Å². The van der Waals surface area contributed by atoms with E-state index in [-0.39, 0.29) is 23.5 Å². The van der Waals surface area contributed by atoms with Crippen LogP contribution in [0.1, 0.15) is 32.8 Å². The van der Waals surface area contributed by atoms with Crippen LogP contribution in [0.4, 0.5) is 5.69 Å². The first-order valence-corrected chi connectivity index (χ1v) is 11.9. The summed E-state index contributed by atoms with van der Waals surface area (Å²) in [6, 6.07) is 13.2. The summed E-state index contributed by atoms with van der Waals surface area (Å²) >= 11 is 0. The van der Waals surface area contributed by atoms with Gasteiger partial charge in [-0.1, -0.05) is 17.7 Å². The number of hydrogen-bond acceptors (Lipinski definition) is 5. The van der Waals surface area contributed by atoms with Gasteiger partial charge in [0.25, 0.3) is 10.0 Å². The fraction of sp³-hybridized carbons (Fsp3) is 0.435. The van der Waals surface area contributed by atoms with Gasteiger partial charge in [0.05, 0.1) is 23.3 Å². The van der Waals surface area contributed by atoms with Crippen molar-refractivity contribution in [1.82, 2.24) is 5.32 Å². The average Bonchev–Trinajstić information content (AvgIpc) is 2.73. The molecular formula is C23H32N2O5S. The maximum Gasteiger partial charge on any atom is 0.264 e. The molecule has 0 fully saturated rings. The van der Waals surface area contributed by atoms with Crippen LogP contribution >= 0.6 is 0 Å². The second-order valence-electron chi connectivity index (χ2n) is 7.37. The van der Waals surface area contributed by atoms with Crippen LogP contribution in [0.3, 0.4) is 0 Å². The largest absolute Gasteiger partial charge is 0.494 e. The number of rotatable bonds is 12. The molecule has 0 saturated heterocycles. The van der Waals surface area contributed by atoms with E-state index in [9.17, 15) is 13.2 Å². The first-order chi connectivity index (χ1) is 14.7. The number of nitrogens with one attached hydrogen (secondary N) is 1. The van der Waals surface area contributed by atoms with E-state index >= 15 is 0 Å². The number of carbonyl (C=O) groups excluding carboxylic acids is 1. The Bertz CT molecular complexity index is 925. The van der Waals surface area contributed by atoms with Gasteiger partial charge in [0.2, 0.25) is 5.91 Å². The van der Waals surface area contributed by atoms with Crippen LogP contribution in [0.15, 0.2) is 53.4 Å². The third-order valence-corrected chi connectivity index (χ3v) is 6.21. The number of benzene rings is 2. The zero-order chi connectivity index (χ0) is 22.9. The third-order valence-electron chi connectivity index (χ3n) is 4.43. The first kappa shape index (κ1) is 24.7. The van der Waals surface area contributed by atoms with Crippen molar-refractivity contribution in [3.63, 3.8) is 0 Å². The Morgan fingerprint density at radius 1 is 1.06 bits per heavy atom. The second kappa shape index (κ2) is 11.7. The van der Waals surface area contributed by atoms with Gasteiger partial charge in [-0.2, -0.15) is 0 Å². The van der Waals surface area contributed by atoms with E-state index in [0.717, 1.165) is 9.87 Å². The van der Waals surface area contributed by atoms with Gasteiger partial charge in [-0.15, -0.1) is 0 Å². The summed E-state index contributed by atoms with van der Waals surface area (Å²) in [6.45, 7) is 8.79. The highest BCUT2D eigenvalue weighted by atomic mass is 32.2. The highest BCUT2D eigenvalue weighted by Gasteiger charge is 2.27. The summed E-state index contributed by atoms with van der Waals surface area (Å²) in [4.78, 5) is 12.6. The highest BCUT2D eigenvalue weighted by molar-refractivity contribution is 7.92. The maximum absolute atomic E-state index is 13.4. The summed E-state index contributed by atoms with van der Waals surface area (Å²) in [6.07, 6.45) is 0.784. The summed E-state index contributed by atoms with van der Waals surface area (Å²) < 4.78 is 38.7. The molecule has 0 aliphatic heterocycles. The minimum Gasteiger partial charge on any atom is -0.494 e. The second-order valence-corrected chi connectivity index (χ2v) is 9.24. The lowest BCUT2D eigenvalue weighted by atomic mass is 10.2. The lowest BCUT2D eigenvalue weighted by molar-refractivity contribution is -0.119. The van der Waals surface area contributed by atoms with Crippen LogP contribution in [-0.2, 0) is 19.6 Å². The zero-order valence-corrected chi connectivity index (χ0v) is 19.4. The fourth-order valence-corrected chi connectivity index (χ4v) is 4.25. The van der Waals surface area contributed by atoms with E-state index in [0.29, 0.717) is 37.6 Å². The molecule has 0 atom stereocenters. The molecule has 2 aromatic rings. The van der Waals surface area contributed by atoms with Crippen molar-refractivity contribution in [3.8, 4) is 5.75 Å². The van der Waals surface area contributed by atoms with Gasteiger partial charge in [-0.25, -0.2) is 8.42 Å². The highest BCUT2D eigenvalue weighted by Crippen LogP contribution is 2.25. The van der Waals surface area contributed by atoms with E-state index in [1.54, 1.807) is 24.3 Å². The molecule has 1 N–H and O–H groups in total. The maximum atomic E-state index is 13.4. The van der Waals surface area contributed by atoms with E-state index in [2.05, 4.69) is 5.32 Å². The smallest absolute Gasteiger partial charge is 0.264 e. The van der Waals surface area contributed by atoms with Gasteiger partial charge < -0.3 is 14.8 Å². The van der Waals surface area contributed by atoms with E-state index < -0.39 is 10.0 Å². The Kier molecular flexibility index (Phi) is 9.33. The van der Waals surface area contributed by atoms with Crippen LogP contribution in [0.5, 0.6) is 5.75 Å². The number of ether oxygens (including phenoxy) is 2. The number of anilines is 1. The lowest BCUT2D eigenvalue weighted by Gasteiger charge is -2.24. The molecule has 0 unspecified atom stereocenters. The van der Waals surface area contributed by atoms with Crippen molar-refractivity contribution in [2.45, 2.75) is 45.1 Å². The van der Waals surface area contributed by atoms with Crippen molar-refractivity contribution in [2.24, 2.45) is 0 Å². The van der Waals surface area contributed by atoms with Gasteiger partial charge in [-0.05, 0) is 70.5 Å². The van der Waals surface area contributed by atoms with Crippen molar-refractivity contribution < 1.29 is 22.7 Å². The van der Waals surface area contributed by atoms with Crippen LogP contribution < -0.4 is 14.4 Å². The molecule has 8 heteroatoms. The molecule has 2 aromatic carbocycles. The van der Waals surface area contributed by atoms with Gasteiger partial charge in [0.1, 0.15) is 12.3 Å². The molecule has 170 valence electrons. The topological polar surface area (TPSA) is 84.9 Å². The zero-order valence-electron chi connectivity index (χ0n) is 18.6. The summed E-state index contributed by atoms with van der Waals surface area (Å²) in [5, 5.41) is 2.77. The molecule has 1 amide bonds. The third kappa shape index (κ3) is 7.56. The molecule has 0 saturated carbocycles. The number of sulfonamides is 1. The van der Waals surface area contributed by atoms with Gasteiger partial charge in [0, 0.05) is 13.2 Å². The van der Waals surface area contributed by atoms with Gasteiger partial charge in [-0.3, -0.25) is 9.10 Å². The average molecular weight is 449 g/mol. The van der Waals surface area contributed by atoms with E-state index in [4.69, 9.17) is 9.47 Å². The molecule has 0 aliphatic rings. The number of amides is 1. The lowest BCUT2D eigenvalue weighted by Crippen LogP contribution is -2.41. The summed E-state index contributed by atoms with van der Waals surface area (Å²) in [5.74, 6) is 0.212. The molecular weight excluding hydrogens is 416 g/mol. The Labute approximate surface area is 185 Å². The SMILES string of the molecule is CCOc1ccc(S(=O)(=O)N(CC(=O)NCCCOC(C)C)c2ccc(C)cc2)cc1. The molecule has 0 bridgehead atoms. The Morgan fingerprint density at radius 2 is 1.71 bits per heavy atom. The standard InChI is InChI=1S/C23H32N2O5S/c1-5-29-21-11-13-22(14-12-21)31(27,28)25(20-9-7-19(4)8-10-20)17-23(26)24-15-6-16-30-18(2)3/h7-14,18H,5-6,15-17H2,1-4H3,(H,24,26).